The van der Waals surface area contributed by atoms with Crippen LogP contribution in [0.5, 0.6) is 0 Å². The molecule has 1 aliphatic rings. The summed E-state index contributed by atoms with van der Waals surface area (Å²) < 4.78 is 0. The van der Waals surface area contributed by atoms with Gasteiger partial charge >= 0.3 is 0 Å². The Hall–Kier alpha value is -1.82. The molecular weight excluding hydrogens is 244 g/mol. The van der Waals surface area contributed by atoms with Gasteiger partial charge in [0.15, 0.2) is 0 Å². The summed E-state index contributed by atoms with van der Waals surface area (Å²) >= 11 is 0. The maximum atomic E-state index is 10.7. The van der Waals surface area contributed by atoms with Crippen LogP contribution < -0.4 is 11.1 Å². The zero-order valence-electron chi connectivity index (χ0n) is 11.1. The molecule has 6 heteroatoms. The number of non-ortho nitro benzene ring substituents is 1. The molecule has 0 unspecified atom stereocenters. The molecule has 0 saturated heterocycles. The zero-order valence-corrected chi connectivity index (χ0v) is 11.1. The van der Waals surface area contributed by atoms with E-state index in [1.807, 2.05) is 0 Å². The molecule has 104 valence electrons. The van der Waals surface area contributed by atoms with Crippen LogP contribution in [0.1, 0.15) is 19.8 Å². The molecule has 0 bridgehead atoms. The minimum absolute atomic E-state index is 0.0250. The molecule has 1 saturated carbocycles. The van der Waals surface area contributed by atoms with E-state index in [-0.39, 0.29) is 5.69 Å². The standard InChI is InChI=1S/C13H20N4O2/c1-2-16(12-3-4-12)6-5-15-11-7-10(14)8-13(9-11)17(18)19/h7-9,12,15H,2-6,14H2,1H3. The summed E-state index contributed by atoms with van der Waals surface area (Å²) in [6, 6.07) is 5.35. The molecule has 1 aliphatic carbocycles. The minimum Gasteiger partial charge on any atom is -0.398 e. The molecule has 0 amide bonds. The lowest BCUT2D eigenvalue weighted by Gasteiger charge is -2.20. The van der Waals surface area contributed by atoms with E-state index in [1.54, 1.807) is 6.07 Å². The van der Waals surface area contributed by atoms with Gasteiger partial charge in [-0.05, 0) is 25.5 Å². The van der Waals surface area contributed by atoms with Gasteiger partial charge in [-0.25, -0.2) is 0 Å². The number of nitro benzene ring substituents is 1. The second-order valence-corrected chi connectivity index (χ2v) is 4.86. The van der Waals surface area contributed by atoms with Crippen LogP contribution in [0.2, 0.25) is 0 Å². The van der Waals surface area contributed by atoms with Crippen LogP contribution in [0, 0.1) is 10.1 Å². The first-order valence-corrected chi connectivity index (χ1v) is 6.63. The molecule has 19 heavy (non-hydrogen) atoms. The van der Waals surface area contributed by atoms with E-state index >= 15 is 0 Å². The lowest BCUT2D eigenvalue weighted by atomic mass is 10.2. The van der Waals surface area contributed by atoms with Crippen molar-refractivity contribution in [3.63, 3.8) is 0 Å². The van der Waals surface area contributed by atoms with Crippen molar-refractivity contribution in [3.05, 3.63) is 28.3 Å². The molecule has 0 spiro atoms. The average Bonchev–Trinajstić information content (AvgIpc) is 3.18. The highest BCUT2D eigenvalue weighted by atomic mass is 16.6. The van der Waals surface area contributed by atoms with Gasteiger partial charge in [-0.15, -0.1) is 0 Å². The van der Waals surface area contributed by atoms with Crippen LogP contribution in [-0.2, 0) is 0 Å². The monoisotopic (exact) mass is 264 g/mol. The molecule has 1 aromatic rings. The summed E-state index contributed by atoms with van der Waals surface area (Å²) in [7, 11) is 0. The molecule has 1 aromatic carbocycles. The molecule has 0 radical (unpaired) electrons. The van der Waals surface area contributed by atoms with Gasteiger partial charge in [0.25, 0.3) is 5.69 Å². The van der Waals surface area contributed by atoms with Crippen molar-refractivity contribution in [3.8, 4) is 0 Å². The highest BCUT2D eigenvalue weighted by Crippen LogP contribution is 2.26. The van der Waals surface area contributed by atoms with Crippen molar-refractivity contribution in [1.82, 2.24) is 4.90 Å². The molecule has 3 N–H and O–H groups in total. The Labute approximate surface area is 112 Å². The minimum atomic E-state index is -0.427. The molecule has 0 heterocycles. The SMILES string of the molecule is CCN(CCNc1cc(N)cc([N+](=O)[O-])c1)C1CC1. The maximum Gasteiger partial charge on any atom is 0.273 e. The number of rotatable bonds is 7. The summed E-state index contributed by atoms with van der Waals surface area (Å²) in [6.07, 6.45) is 2.58. The number of nitrogen functional groups attached to an aromatic ring is 1. The Morgan fingerprint density at radius 1 is 1.47 bits per heavy atom. The highest BCUT2D eigenvalue weighted by Gasteiger charge is 2.27. The van der Waals surface area contributed by atoms with Crippen molar-refractivity contribution in [2.24, 2.45) is 0 Å². The second kappa shape index (κ2) is 5.88. The van der Waals surface area contributed by atoms with E-state index in [0.717, 1.165) is 25.7 Å². The van der Waals surface area contributed by atoms with Gasteiger partial charge in [0, 0.05) is 42.6 Å². The third-order valence-corrected chi connectivity index (χ3v) is 3.35. The normalized spacial score (nSPS) is 14.6. The molecule has 6 nitrogen and oxygen atoms in total. The van der Waals surface area contributed by atoms with Crippen LogP contribution in [0.15, 0.2) is 18.2 Å². The predicted molar refractivity (Wildman–Crippen MR) is 76.3 cm³/mol. The summed E-state index contributed by atoms with van der Waals surface area (Å²) in [5, 5.41) is 13.9. The number of hydrogen-bond donors (Lipinski definition) is 2. The number of nitrogens with one attached hydrogen (secondary N) is 1. The number of likely N-dealkylation sites (N-methyl/N-ethyl adjacent to an activating group) is 1. The van der Waals surface area contributed by atoms with Crippen LogP contribution in [-0.4, -0.2) is 35.5 Å². The summed E-state index contributed by atoms with van der Waals surface area (Å²) in [5.41, 5.74) is 6.80. The van der Waals surface area contributed by atoms with Gasteiger partial charge < -0.3 is 11.1 Å². The average molecular weight is 264 g/mol. The third kappa shape index (κ3) is 3.82. The molecular formula is C13H20N4O2. The topological polar surface area (TPSA) is 84.4 Å². The fraction of sp³-hybridized carbons (Fsp3) is 0.538. The van der Waals surface area contributed by atoms with Crippen molar-refractivity contribution in [2.45, 2.75) is 25.8 Å². The number of nitrogens with two attached hydrogens (primary N) is 1. The van der Waals surface area contributed by atoms with Crippen LogP contribution in [0.3, 0.4) is 0 Å². The van der Waals surface area contributed by atoms with Crippen LogP contribution in [0.4, 0.5) is 17.1 Å². The van der Waals surface area contributed by atoms with Gasteiger partial charge in [0.05, 0.1) is 4.92 Å². The number of anilines is 2. The highest BCUT2D eigenvalue weighted by molar-refractivity contribution is 5.61. The molecule has 1 fully saturated rings. The third-order valence-electron chi connectivity index (χ3n) is 3.35. The molecule has 0 aromatic heterocycles. The number of nitro groups is 1. The zero-order chi connectivity index (χ0) is 13.8. The van der Waals surface area contributed by atoms with Crippen molar-refractivity contribution in [2.75, 3.05) is 30.7 Å². The number of hydrogen-bond acceptors (Lipinski definition) is 5. The van der Waals surface area contributed by atoms with Gasteiger partial charge in [-0.1, -0.05) is 6.92 Å². The lowest BCUT2D eigenvalue weighted by Crippen LogP contribution is -2.30. The summed E-state index contributed by atoms with van der Waals surface area (Å²) in [4.78, 5) is 12.7. The summed E-state index contributed by atoms with van der Waals surface area (Å²) in [6.45, 7) is 4.92. The van der Waals surface area contributed by atoms with Crippen molar-refractivity contribution >= 4 is 17.1 Å². The molecule has 0 atom stereocenters. The van der Waals surface area contributed by atoms with Crippen LogP contribution >= 0.6 is 0 Å². The van der Waals surface area contributed by atoms with Crippen LogP contribution in [0.25, 0.3) is 0 Å². The lowest BCUT2D eigenvalue weighted by molar-refractivity contribution is -0.384. The first-order valence-electron chi connectivity index (χ1n) is 6.63. The van der Waals surface area contributed by atoms with E-state index in [2.05, 4.69) is 17.1 Å². The Morgan fingerprint density at radius 2 is 2.21 bits per heavy atom. The van der Waals surface area contributed by atoms with Crippen molar-refractivity contribution < 1.29 is 4.92 Å². The maximum absolute atomic E-state index is 10.7. The van der Waals surface area contributed by atoms with Gasteiger partial charge in [0.1, 0.15) is 0 Å². The second-order valence-electron chi connectivity index (χ2n) is 4.86. The van der Waals surface area contributed by atoms with E-state index in [9.17, 15) is 10.1 Å². The Morgan fingerprint density at radius 3 is 2.79 bits per heavy atom. The quantitative estimate of drug-likeness (QED) is 0.447. The Balaban J connectivity index is 1.89. The number of nitrogens with zero attached hydrogens (tertiary/aromatic N) is 2. The Bertz CT molecular complexity index is 460. The largest absolute Gasteiger partial charge is 0.398 e. The van der Waals surface area contributed by atoms with Gasteiger partial charge in [-0.3, -0.25) is 15.0 Å². The smallest absolute Gasteiger partial charge is 0.273 e. The molecule has 0 aliphatic heterocycles. The van der Waals surface area contributed by atoms with E-state index < -0.39 is 4.92 Å². The number of benzene rings is 1. The first kappa shape index (κ1) is 13.6. The fourth-order valence-corrected chi connectivity index (χ4v) is 2.22. The predicted octanol–water partition coefficient (Wildman–Crippen LogP) is 2.07. The fourth-order valence-electron chi connectivity index (χ4n) is 2.22. The first-order chi connectivity index (χ1) is 9.10. The van der Waals surface area contributed by atoms with E-state index in [1.165, 1.54) is 25.0 Å². The van der Waals surface area contributed by atoms with Gasteiger partial charge in [0.2, 0.25) is 0 Å². The summed E-state index contributed by atoms with van der Waals surface area (Å²) in [5.74, 6) is 0. The van der Waals surface area contributed by atoms with E-state index in [4.69, 9.17) is 5.73 Å². The van der Waals surface area contributed by atoms with Crippen molar-refractivity contribution in [1.29, 1.82) is 0 Å². The Kier molecular flexibility index (Phi) is 4.21. The molecule has 2 rings (SSSR count). The van der Waals surface area contributed by atoms with E-state index in [0.29, 0.717) is 11.4 Å². The van der Waals surface area contributed by atoms with Gasteiger partial charge in [-0.2, -0.15) is 0 Å².